The van der Waals surface area contributed by atoms with Crippen LogP contribution in [0.5, 0.6) is 0 Å². The molecule has 0 saturated carbocycles. The van der Waals surface area contributed by atoms with Crippen LogP contribution in [0.4, 0.5) is 10.1 Å². The van der Waals surface area contributed by atoms with Crippen molar-refractivity contribution in [2.24, 2.45) is 0 Å². The van der Waals surface area contributed by atoms with Gasteiger partial charge < -0.3 is 5.73 Å². The first-order valence-corrected chi connectivity index (χ1v) is 5.88. The number of hydrogen-bond donors (Lipinski definition) is 2. The monoisotopic (exact) mass is 232 g/mol. The highest BCUT2D eigenvalue weighted by atomic mass is 32.2. The molecule has 0 aliphatic rings. The summed E-state index contributed by atoms with van der Waals surface area (Å²) in [6.45, 7) is 3.37. The van der Waals surface area contributed by atoms with Crippen molar-refractivity contribution in [2.75, 3.05) is 5.73 Å². The number of nitrogens with one attached hydrogen (secondary N) is 1. The van der Waals surface area contributed by atoms with E-state index in [0.29, 0.717) is 0 Å². The molecule has 0 aliphatic carbocycles. The maximum Gasteiger partial charge on any atom is 0.240 e. The first-order chi connectivity index (χ1) is 6.83. The maximum atomic E-state index is 13.0. The smallest absolute Gasteiger partial charge is 0.240 e. The molecule has 0 saturated heterocycles. The molecule has 0 bridgehead atoms. The molecule has 0 amide bonds. The van der Waals surface area contributed by atoms with Crippen LogP contribution in [0.15, 0.2) is 23.1 Å². The number of hydrogen-bond acceptors (Lipinski definition) is 3. The summed E-state index contributed by atoms with van der Waals surface area (Å²) >= 11 is 0. The van der Waals surface area contributed by atoms with Crippen molar-refractivity contribution < 1.29 is 12.8 Å². The van der Waals surface area contributed by atoms with E-state index in [1.165, 1.54) is 12.1 Å². The van der Waals surface area contributed by atoms with Gasteiger partial charge in [0.05, 0.1) is 10.6 Å². The van der Waals surface area contributed by atoms with Crippen LogP contribution >= 0.6 is 0 Å². The number of halogens is 1. The fourth-order valence-corrected chi connectivity index (χ4v) is 2.32. The molecule has 0 unspecified atom stereocenters. The Labute approximate surface area is 88.3 Å². The molecule has 0 heterocycles. The molecule has 1 rings (SSSR count). The van der Waals surface area contributed by atoms with E-state index in [-0.39, 0.29) is 16.6 Å². The molecule has 0 radical (unpaired) electrons. The van der Waals surface area contributed by atoms with Crippen LogP contribution in [0, 0.1) is 5.82 Å². The van der Waals surface area contributed by atoms with E-state index in [4.69, 9.17) is 5.73 Å². The van der Waals surface area contributed by atoms with E-state index in [1.54, 1.807) is 13.8 Å². The second kappa shape index (κ2) is 4.16. The molecule has 1 aromatic carbocycles. The van der Waals surface area contributed by atoms with Crippen LogP contribution in [0.1, 0.15) is 13.8 Å². The zero-order valence-electron chi connectivity index (χ0n) is 8.49. The molecule has 6 heteroatoms. The molecule has 3 N–H and O–H groups in total. The Morgan fingerprint density at radius 1 is 1.40 bits per heavy atom. The highest BCUT2D eigenvalue weighted by Gasteiger charge is 2.16. The van der Waals surface area contributed by atoms with Gasteiger partial charge in [-0.05, 0) is 32.0 Å². The van der Waals surface area contributed by atoms with Gasteiger partial charge in [0.1, 0.15) is 5.82 Å². The molecule has 4 nitrogen and oxygen atoms in total. The van der Waals surface area contributed by atoms with Crippen LogP contribution in [0.3, 0.4) is 0 Å². The van der Waals surface area contributed by atoms with Gasteiger partial charge in [0.25, 0.3) is 0 Å². The second-order valence-electron chi connectivity index (χ2n) is 3.46. The topological polar surface area (TPSA) is 72.2 Å². The standard InChI is InChI=1S/C9H13FN2O2S/c1-6(2)12-15(13,14)7-3-4-9(11)8(10)5-7/h3-6,12H,11H2,1-2H3. The summed E-state index contributed by atoms with van der Waals surface area (Å²) in [4.78, 5) is -0.122. The lowest BCUT2D eigenvalue weighted by Crippen LogP contribution is -2.30. The van der Waals surface area contributed by atoms with Crippen LogP contribution in [0.25, 0.3) is 0 Å². The number of anilines is 1. The zero-order valence-corrected chi connectivity index (χ0v) is 9.31. The molecular weight excluding hydrogens is 219 g/mol. The average Bonchev–Trinajstić information content (AvgIpc) is 2.07. The van der Waals surface area contributed by atoms with Gasteiger partial charge in [-0.25, -0.2) is 17.5 Å². The molecule has 84 valence electrons. The van der Waals surface area contributed by atoms with Crippen LogP contribution in [-0.4, -0.2) is 14.5 Å². The van der Waals surface area contributed by atoms with Crippen molar-refractivity contribution in [3.8, 4) is 0 Å². The maximum absolute atomic E-state index is 13.0. The van der Waals surface area contributed by atoms with Crippen LogP contribution in [-0.2, 0) is 10.0 Å². The molecule has 0 fully saturated rings. The van der Waals surface area contributed by atoms with Gasteiger partial charge in [0.15, 0.2) is 0 Å². The van der Waals surface area contributed by atoms with Crippen molar-refractivity contribution in [1.82, 2.24) is 4.72 Å². The predicted octanol–water partition coefficient (Wildman–Crippen LogP) is 1.09. The zero-order chi connectivity index (χ0) is 11.6. The molecule has 15 heavy (non-hydrogen) atoms. The highest BCUT2D eigenvalue weighted by molar-refractivity contribution is 7.89. The van der Waals surface area contributed by atoms with Gasteiger partial charge in [0.2, 0.25) is 10.0 Å². The predicted molar refractivity (Wildman–Crippen MR) is 56.3 cm³/mol. The SMILES string of the molecule is CC(C)NS(=O)(=O)c1ccc(N)c(F)c1. The van der Waals surface area contributed by atoms with Crippen molar-refractivity contribution in [2.45, 2.75) is 24.8 Å². The Balaban J connectivity index is 3.11. The summed E-state index contributed by atoms with van der Waals surface area (Å²) in [5.41, 5.74) is 5.17. The van der Waals surface area contributed by atoms with Crippen molar-refractivity contribution in [3.05, 3.63) is 24.0 Å². The minimum Gasteiger partial charge on any atom is -0.396 e. The summed E-state index contributed by atoms with van der Waals surface area (Å²) in [7, 11) is -3.64. The quantitative estimate of drug-likeness (QED) is 0.766. The van der Waals surface area contributed by atoms with E-state index in [0.717, 1.165) is 6.07 Å². The second-order valence-corrected chi connectivity index (χ2v) is 5.17. The minimum atomic E-state index is -3.64. The van der Waals surface area contributed by atoms with E-state index >= 15 is 0 Å². The van der Waals surface area contributed by atoms with Crippen molar-refractivity contribution in [3.63, 3.8) is 0 Å². The molecule has 0 aromatic heterocycles. The third-order valence-corrected chi connectivity index (χ3v) is 3.33. The van der Waals surface area contributed by atoms with Gasteiger partial charge in [-0.3, -0.25) is 0 Å². The van der Waals surface area contributed by atoms with Gasteiger partial charge >= 0.3 is 0 Å². The fourth-order valence-electron chi connectivity index (χ4n) is 1.05. The summed E-state index contributed by atoms with van der Waals surface area (Å²) in [5, 5.41) is 0. The van der Waals surface area contributed by atoms with Gasteiger partial charge in [-0.15, -0.1) is 0 Å². The van der Waals surface area contributed by atoms with Crippen LogP contribution < -0.4 is 10.5 Å². The highest BCUT2D eigenvalue weighted by Crippen LogP contribution is 2.16. The lowest BCUT2D eigenvalue weighted by atomic mass is 10.3. The summed E-state index contributed by atoms with van der Waals surface area (Å²) in [5.74, 6) is -0.735. The molecular formula is C9H13FN2O2S. The Kier molecular flexibility index (Phi) is 3.31. The molecule has 0 spiro atoms. The Morgan fingerprint density at radius 3 is 2.47 bits per heavy atom. The number of nitrogens with two attached hydrogens (primary N) is 1. The van der Waals surface area contributed by atoms with Gasteiger partial charge in [0, 0.05) is 6.04 Å². The third-order valence-electron chi connectivity index (χ3n) is 1.67. The van der Waals surface area contributed by atoms with Crippen molar-refractivity contribution >= 4 is 15.7 Å². The Morgan fingerprint density at radius 2 is 2.00 bits per heavy atom. The number of benzene rings is 1. The minimum absolute atomic E-state index is 0.0708. The summed E-state index contributed by atoms with van der Waals surface area (Å²) < 4.78 is 38.6. The average molecular weight is 232 g/mol. The lowest BCUT2D eigenvalue weighted by molar-refractivity contribution is 0.567. The first-order valence-electron chi connectivity index (χ1n) is 4.40. The van der Waals surface area contributed by atoms with E-state index in [1.807, 2.05) is 0 Å². The summed E-state index contributed by atoms with van der Waals surface area (Å²) in [6, 6.07) is 3.16. The Hall–Kier alpha value is -1.14. The molecule has 1 aromatic rings. The lowest BCUT2D eigenvalue weighted by Gasteiger charge is -2.09. The Bertz CT molecular complexity index is 457. The van der Waals surface area contributed by atoms with E-state index < -0.39 is 15.8 Å². The molecule has 0 aliphatic heterocycles. The fraction of sp³-hybridized carbons (Fsp3) is 0.333. The molecule has 0 atom stereocenters. The summed E-state index contributed by atoms with van der Waals surface area (Å²) in [6.07, 6.45) is 0. The van der Waals surface area contributed by atoms with Crippen LogP contribution in [0.2, 0.25) is 0 Å². The first kappa shape index (κ1) is 11.9. The van der Waals surface area contributed by atoms with E-state index in [9.17, 15) is 12.8 Å². The number of nitrogen functional groups attached to an aromatic ring is 1. The van der Waals surface area contributed by atoms with E-state index in [2.05, 4.69) is 4.72 Å². The third kappa shape index (κ3) is 2.90. The normalized spacial score (nSPS) is 12.0. The largest absolute Gasteiger partial charge is 0.396 e. The van der Waals surface area contributed by atoms with Gasteiger partial charge in [-0.2, -0.15) is 0 Å². The number of sulfonamides is 1. The van der Waals surface area contributed by atoms with Crippen molar-refractivity contribution in [1.29, 1.82) is 0 Å². The van der Waals surface area contributed by atoms with Gasteiger partial charge in [-0.1, -0.05) is 0 Å². The number of rotatable bonds is 3.